The van der Waals surface area contributed by atoms with E-state index in [4.69, 9.17) is 15.2 Å². The van der Waals surface area contributed by atoms with Crippen molar-refractivity contribution in [3.05, 3.63) is 64.7 Å². The number of rotatable bonds is 6. The van der Waals surface area contributed by atoms with Crippen molar-refractivity contribution in [1.82, 2.24) is 5.01 Å². The number of thioether (sulfide) groups is 1. The standard InChI is InChI=1S/C24H27N3O4S/c1-30-22(28)14-20-13-19-12-18(6-7-21(19)31-24(20)25)23(29)17-4-2-16(3-5-17)15-26-27-8-10-32-11-9-27/h2-7,12,15,20,24H,8-11,13-14,25H2,1H3. The molecule has 2 aromatic carbocycles. The summed E-state index contributed by atoms with van der Waals surface area (Å²) in [5, 5.41) is 6.60. The number of hydrogen-bond donors (Lipinski definition) is 1. The highest BCUT2D eigenvalue weighted by Gasteiger charge is 2.30. The first-order chi connectivity index (χ1) is 15.5. The van der Waals surface area contributed by atoms with Crippen LogP contribution in [0.3, 0.4) is 0 Å². The molecule has 32 heavy (non-hydrogen) atoms. The molecule has 0 bridgehead atoms. The Bertz CT molecular complexity index is 1000. The fraction of sp³-hybridized carbons (Fsp3) is 0.375. The number of hydrogen-bond acceptors (Lipinski definition) is 8. The predicted molar refractivity (Wildman–Crippen MR) is 125 cm³/mol. The average molecular weight is 454 g/mol. The molecule has 2 aliphatic heterocycles. The van der Waals surface area contributed by atoms with Crippen molar-refractivity contribution in [1.29, 1.82) is 0 Å². The van der Waals surface area contributed by atoms with Crippen LogP contribution in [0.5, 0.6) is 5.75 Å². The van der Waals surface area contributed by atoms with Crippen molar-refractivity contribution in [2.45, 2.75) is 19.1 Å². The molecule has 0 aromatic heterocycles. The lowest BCUT2D eigenvalue weighted by Gasteiger charge is -2.30. The quantitative estimate of drug-likeness (QED) is 0.408. The maximum Gasteiger partial charge on any atom is 0.305 e. The van der Waals surface area contributed by atoms with Gasteiger partial charge < -0.3 is 9.47 Å². The van der Waals surface area contributed by atoms with Crippen LogP contribution < -0.4 is 10.5 Å². The minimum atomic E-state index is -0.582. The summed E-state index contributed by atoms with van der Waals surface area (Å²) >= 11 is 1.95. The van der Waals surface area contributed by atoms with Crippen LogP contribution in [0.4, 0.5) is 0 Å². The summed E-state index contributed by atoms with van der Waals surface area (Å²) in [7, 11) is 1.35. The van der Waals surface area contributed by atoms with Crippen LogP contribution in [0, 0.1) is 5.92 Å². The van der Waals surface area contributed by atoms with Crippen LogP contribution in [0.1, 0.15) is 33.5 Å². The van der Waals surface area contributed by atoms with E-state index in [0.717, 1.165) is 35.7 Å². The van der Waals surface area contributed by atoms with Gasteiger partial charge in [0.1, 0.15) is 5.75 Å². The Hall–Kier alpha value is -2.84. The third kappa shape index (κ3) is 5.31. The minimum absolute atomic E-state index is 0.0660. The first-order valence-electron chi connectivity index (χ1n) is 10.7. The zero-order valence-corrected chi connectivity index (χ0v) is 18.8. The second-order valence-electron chi connectivity index (χ2n) is 7.91. The molecular formula is C24H27N3O4S. The first-order valence-corrected chi connectivity index (χ1v) is 11.8. The Morgan fingerprint density at radius 3 is 2.62 bits per heavy atom. The van der Waals surface area contributed by atoms with Gasteiger partial charge in [0.15, 0.2) is 12.0 Å². The van der Waals surface area contributed by atoms with Crippen LogP contribution >= 0.6 is 11.8 Å². The third-order valence-electron chi connectivity index (χ3n) is 5.72. The highest BCUT2D eigenvalue weighted by Crippen LogP contribution is 2.32. The van der Waals surface area contributed by atoms with Gasteiger partial charge >= 0.3 is 5.97 Å². The molecule has 8 heteroatoms. The second-order valence-corrected chi connectivity index (χ2v) is 9.14. The molecule has 2 aromatic rings. The number of fused-ring (bicyclic) bond motifs is 1. The van der Waals surface area contributed by atoms with E-state index < -0.39 is 6.23 Å². The third-order valence-corrected chi connectivity index (χ3v) is 6.66. The maximum absolute atomic E-state index is 13.0. The Kier molecular flexibility index (Phi) is 7.12. The summed E-state index contributed by atoms with van der Waals surface area (Å²) < 4.78 is 10.5. The Balaban J connectivity index is 1.45. The fourth-order valence-corrected chi connectivity index (χ4v) is 4.71. The van der Waals surface area contributed by atoms with Gasteiger partial charge in [0, 0.05) is 41.6 Å². The molecule has 0 amide bonds. The molecule has 1 fully saturated rings. The number of esters is 1. The normalized spacial score (nSPS) is 20.5. The van der Waals surface area contributed by atoms with Crippen molar-refractivity contribution in [2.75, 3.05) is 31.7 Å². The van der Waals surface area contributed by atoms with E-state index >= 15 is 0 Å². The van der Waals surface area contributed by atoms with Gasteiger partial charge in [-0.05, 0) is 35.7 Å². The molecule has 0 radical (unpaired) electrons. The van der Waals surface area contributed by atoms with Crippen molar-refractivity contribution in [3.8, 4) is 5.75 Å². The molecule has 1 saturated heterocycles. The zero-order valence-electron chi connectivity index (χ0n) is 18.0. The molecule has 0 spiro atoms. The number of methoxy groups -OCH3 is 1. The number of nitrogens with two attached hydrogens (primary N) is 1. The lowest BCUT2D eigenvalue weighted by atomic mass is 9.90. The van der Waals surface area contributed by atoms with E-state index in [9.17, 15) is 9.59 Å². The van der Waals surface area contributed by atoms with E-state index in [1.165, 1.54) is 7.11 Å². The molecule has 4 rings (SSSR count). The SMILES string of the molecule is COC(=O)CC1Cc2cc(C(=O)c3ccc(C=NN4CCSCC4)cc3)ccc2OC1N. The van der Waals surface area contributed by atoms with Gasteiger partial charge in [-0.15, -0.1) is 0 Å². The van der Waals surface area contributed by atoms with Gasteiger partial charge in [-0.2, -0.15) is 16.9 Å². The van der Waals surface area contributed by atoms with Crippen molar-refractivity contribution >= 4 is 29.7 Å². The van der Waals surface area contributed by atoms with Crippen LogP contribution in [0.2, 0.25) is 0 Å². The molecule has 2 aliphatic rings. The van der Waals surface area contributed by atoms with Gasteiger partial charge in [-0.3, -0.25) is 20.3 Å². The number of hydrazone groups is 1. The molecule has 0 aliphatic carbocycles. The van der Waals surface area contributed by atoms with Crippen LogP contribution in [-0.2, 0) is 16.0 Å². The first kappa shape index (κ1) is 22.4. The highest BCUT2D eigenvalue weighted by atomic mass is 32.2. The Labute approximate surface area is 191 Å². The topological polar surface area (TPSA) is 94.2 Å². The van der Waals surface area contributed by atoms with E-state index in [0.29, 0.717) is 23.3 Å². The Morgan fingerprint density at radius 1 is 1.19 bits per heavy atom. The molecule has 0 saturated carbocycles. The maximum atomic E-state index is 13.0. The lowest BCUT2D eigenvalue weighted by molar-refractivity contribution is -0.142. The van der Waals surface area contributed by atoms with E-state index in [2.05, 4.69) is 10.1 Å². The van der Waals surface area contributed by atoms with E-state index in [1.54, 1.807) is 12.1 Å². The van der Waals surface area contributed by atoms with Gasteiger partial charge in [-0.25, -0.2) is 0 Å². The van der Waals surface area contributed by atoms with Crippen LogP contribution in [-0.4, -0.2) is 60.9 Å². The lowest BCUT2D eigenvalue weighted by Crippen LogP contribution is -2.41. The monoisotopic (exact) mass is 453 g/mol. The molecule has 2 unspecified atom stereocenters. The number of benzene rings is 2. The average Bonchev–Trinajstić information content (AvgIpc) is 2.83. The second kappa shape index (κ2) is 10.2. The summed E-state index contributed by atoms with van der Waals surface area (Å²) in [4.78, 5) is 24.7. The largest absolute Gasteiger partial charge is 0.475 e. The molecule has 7 nitrogen and oxygen atoms in total. The van der Waals surface area contributed by atoms with Crippen LogP contribution in [0.15, 0.2) is 47.6 Å². The molecule has 2 atom stereocenters. The minimum Gasteiger partial charge on any atom is -0.475 e. The van der Waals surface area contributed by atoms with Crippen molar-refractivity contribution < 1.29 is 19.1 Å². The summed E-state index contributed by atoms with van der Waals surface area (Å²) in [6, 6.07) is 12.8. The molecule has 168 valence electrons. The zero-order chi connectivity index (χ0) is 22.5. The van der Waals surface area contributed by atoms with Gasteiger partial charge in [-0.1, -0.05) is 24.3 Å². The van der Waals surface area contributed by atoms with E-state index in [-0.39, 0.29) is 24.1 Å². The van der Waals surface area contributed by atoms with Crippen molar-refractivity contribution in [2.24, 2.45) is 16.8 Å². The highest BCUT2D eigenvalue weighted by molar-refractivity contribution is 7.99. The Morgan fingerprint density at radius 2 is 1.91 bits per heavy atom. The summed E-state index contributed by atoms with van der Waals surface area (Å²) in [5.41, 5.74) is 9.07. The fourth-order valence-electron chi connectivity index (χ4n) is 3.83. The van der Waals surface area contributed by atoms with E-state index in [1.807, 2.05) is 48.3 Å². The summed E-state index contributed by atoms with van der Waals surface area (Å²) in [5.74, 6) is 2.27. The number of ether oxygens (including phenoxy) is 2. The number of carbonyl (C=O) groups is 2. The van der Waals surface area contributed by atoms with Gasteiger partial charge in [0.2, 0.25) is 0 Å². The molecule has 2 N–H and O–H groups in total. The predicted octanol–water partition coefficient (Wildman–Crippen LogP) is 2.70. The number of carbonyl (C=O) groups excluding carboxylic acids is 2. The molecule has 2 heterocycles. The smallest absolute Gasteiger partial charge is 0.305 e. The van der Waals surface area contributed by atoms with Crippen molar-refractivity contribution in [3.63, 3.8) is 0 Å². The molecular weight excluding hydrogens is 426 g/mol. The summed E-state index contributed by atoms with van der Waals surface area (Å²) in [6.45, 7) is 1.93. The summed E-state index contributed by atoms with van der Waals surface area (Å²) in [6.07, 6.45) is 1.98. The number of ketones is 1. The van der Waals surface area contributed by atoms with Gasteiger partial charge in [0.05, 0.1) is 19.7 Å². The van der Waals surface area contributed by atoms with Crippen LogP contribution in [0.25, 0.3) is 0 Å². The van der Waals surface area contributed by atoms with Gasteiger partial charge in [0.25, 0.3) is 0 Å². The number of nitrogens with zero attached hydrogens (tertiary/aromatic N) is 2.